The van der Waals surface area contributed by atoms with Gasteiger partial charge in [-0.15, -0.1) is 0 Å². The first-order valence-corrected chi connectivity index (χ1v) is 20.7. The number of carbonyl (C=O) groups excluding carboxylic acids is 2. The number of para-hydroxylation sites is 1. The molecular formula is C44H60N6O7. The van der Waals surface area contributed by atoms with Gasteiger partial charge in [-0.3, -0.25) is 19.9 Å². The molecule has 0 unspecified atom stereocenters. The van der Waals surface area contributed by atoms with Gasteiger partial charge in [-0.2, -0.15) is 0 Å². The van der Waals surface area contributed by atoms with Crippen LogP contribution in [-0.4, -0.2) is 125 Å². The largest absolute Gasteiger partial charge is 0.496 e. The molecule has 308 valence electrons. The maximum absolute atomic E-state index is 15.2. The summed E-state index contributed by atoms with van der Waals surface area (Å²) in [7, 11) is 4.87. The number of aliphatic hydroxyl groups excluding tert-OH is 1. The van der Waals surface area contributed by atoms with E-state index in [0.29, 0.717) is 82.4 Å². The van der Waals surface area contributed by atoms with Crippen LogP contribution in [0.15, 0.2) is 48.6 Å². The molecule has 8 atom stereocenters. The van der Waals surface area contributed by atoms with Gasteiger partial charge in [-0.25, -0.2) is 5.84 Å². The van der Waals surface area contributed by atoms with Gasteiger partial charge in [0.2, 0.25) is 0 Å². The Morgan fingerprint density at radius 1 is 1.02 bits per heavy atom. The molecule has 1 aliphatic carbocycles. The monoisotopic (exact) mass is 784 g/mol. The number of fused-ring (bicyclic) bond motifs is 4. The highest BCUT2D eigenvalue weighted by Gasteiger charge is 2.78. The maximum Gasteiger partial charge on any atom is 0.322 e. The maximum atomic E-state index is 15.2. The predicted molar refractivity (Wildman–Crippen MR) is 218 cm³/mol. The third kappa shape index (κ3) is 5.21. The Balaban J connectivity index is 1.45. The summed E-state index contributed by atoms with van der Waals surface area (Å²) in [5, 5.41) is 38.4. The Labute approximate surface area is 335 Å². The van der Waals surface area contributed by atoms with E-state index in [1.54, 1.807) is 7.11 Å². The van der Waals surface area contributed by atoms with Gasteiger partial charge >= 0.3 is 5.97 Å². The quantitative estimate of drug-likeness (QED) is 0.0683. The van der Waals surface area contributed by atoms with E-state index in [9.17, 15) is 20.1 Å². The van der Waals surface area contributed by atoms with Crippen LogP contribution in [0.5, 0.6) is 5.75 Å². The molecule has 7 N–H and O–H groups in total. The minimum absolute atomic E-state index is 0.291. The zero-order chi connectivity index (χ0) is 40.7. The molecule has 1 saturated carbocycles. The molecule has 1 amide bonds. The van der Waals surface area contributed by atoms with Crippen LogP contribution < -0.4 is 20.9 Å². The van der Waals surface area contributed by atoms with Crippen LogP contribution >= 0.6 is 0 Å². The zero-order valence-electron chi connectivity index (χ0n) is 34.2. The number of hydrazine groups is 1. The molecule has 0 radical (unpaired) electrons. The zero-order valence-corrected chi connectivity index (χ0v) is 34.2. The van der Waals surface area contributed by atoms with Gasteiger partial charge in [0.1, 0.15) is 17.3 Å². The number of methoxy groups -OCH3 is 2. The molecule has 1 aromatic heterocycles. The van der Waals surface area contributed by atoms with Gasteiger partial charge in [-0.1, -0.05) is 51.1 Å². The van der Waals surface area contributed by atoms with Crippen molar-refractivity contribution in [1.82, 2.24) is 20.2 Å². The summed E-state index contributed by atoms with van der Waals surface area (Å²) in [4.78, 5) is 39.5. The van der Waals surface area contributed by atoms with Crippen LogP contribution in [0, 0.1) is 5.41 Å². The van der Waals surface area contributed by atoms with Crippen molar-refractivity contribution in [3.63, 3.8) is 0 Å². The van der Waals surface area contributed by atoms with Gasteiger partial charge in [0.15, 0.2) is 5.60 Å². The third-order valence-corrected chi connectivity index (χ3v) is 15.2. The highest BCUT2D eigenvalue weighted by atomic mass is 16.5. The van der Waals surface area contributed by atoms with Crippen molar-refractivity contribution >= 4 is 28.5 Å². The Hall–Kier alpha value is -3.98. The van der Waals surface area contributed by atoms with Gasteiger partial charge in [0.25, 0.3) is 5.91 Å². The van der Waals surface area contributed by atoms with Gasteiger partial charge < -0.3 is 39.6 Å². The van der Waals surface area contributed by atoms with E-state index < -0.39 is 51.5 Å². The van der Waals surface area contributed by atoms with E-state index in [4.69, 9.17) is 15.3 Å². The first kappa shape index (κ1) is 39.8. The molecule has 2 fully saturated rings. The van der Waals surface area contributed by atoms with Crippen molar-refractivity contribution in [2.24, 2.45) is 11.3 Å². The van der Waals surface area contributed by atoms with Crippen LogP contribution in [-0.2, 0) is 31.6 Å². The number of nitrogens with zero attached hydrogens (tertiary/aromatic N) is 3. The Bertz CT molecular complexity index is 2110. The number of carbonyl (C=O) groups is 2. The number of β-amino-alcohol motifs (C(OH)–C–C–N with tert-alkyl or cyclic N) is 1. The van der Waals surface area contributed by atoms with Crippen molar-refractivity contribution in [3.05, 3.63) is 70.9 Å². The minimum Gasteiger partial charge on any atom is -0.496 e. The number of esters is 1. The predicted octanol–water partition coefficient (Wildman–Crippen LogP) is 3.02. The number of aromatic amines is 1. The second-order valence-corrected chi connectivity index (χ2v) is 17.3. The molecule has 3 aromatic rings. The molecule has 5 aliphatic rings. The molecule has 13 heteroatoms. The summed E-state index contributed by atoms with van der Waals surface area (Å²) in [5.74, 6) is 4.99. The second-order valence-electron chi connectivity index (χ2n) is 17.3. The third-order valence-electron chi connectivity index (χ3n) is 15.2. The standard InChI is InChI=1S/C44H60N6O7/c1-7-40(54)17-12-19-42(39(53)57-6,34-28(16-22-49(9-3)26-40)27-14-10-11-15-31(27)46-34)30-24-29-32(25-33(30)56-5)48(4)36-43(29)20-23-50-21-13-18-41(8-2,35(43)50)37(51)44(36,55)38(52)47-45/h10-11,13-15,18,24-25,35-37,46,51,54-55H,7-9,12,16-17,19-23,26,45H2,1-6H3,(H,47,52)/t35-,36-,37-,40+,41-,42+,43-,44+/m1/s1. The van der Waals surface area contributed by atoms with Crippen LogP contribution in [0.2, 0.25) is 0 Å². The Kier molecular flexibility index (Phi) is 9.85. The normalized spacial score (nSPS) is 35.2. The highest BCUT2D eigenvalue weighted by molar-refractivity contribution is 5.95. The first-order valence-electron chi connectivity index (χ1n) is 20.7. The van der Waals surface area contributed by atoms with E-state index in [2.05, 4.69) is 39.3 Å². The lowest BCUT2D eigenvalue weighted by atomic mass is 9.47. The van der Waals surface area contributed by atoms with Crippen LogP contribution in [0.3, 0.4) is 0 Å². The molecular weight excluding hydrogens is 725 g/mol. The number of hydrogen-bond acceptors (Lipinski definition) is 11. The van der Waals surface area contributed by atoms with E-state index in [0.717, 1.165) is 40.0 Å². The first-order chi connectivity index (χ1) is 27.3. The fraction of sp³-hybridized carbons (Fsp3) is 0.591. The molecule has 1 spiro atoms. The molecule has 0 bridgehead atoms. The summed E-state index contributed by atoms with van der Waals surface area (Å²) < 4.78 is 12.2. The lowest BCUT2D eigenvalue weighted by molar-refractivity contribution is -0.203. The van der Waals surface area contributed by atoms with E-state index >= 15 is 4.79 Å². The van der Waals surface area contributed by atoms with Crippen molar-refractivity contribution in [2.45, 2.75) is 106 Å². The average Bonchev–Trinajstić information content (AvgIpc) is 3.88. The number of nitrogens with one attached hydrogen (secondary N) is 2. The Morgan fingerprint density at radius 3 is 2.47 bits per heavy atom. The number of aromatic nitrogens is 1. The molecule has 8 rings (SSSR count). The summed E-state index contributed by atoms with van der Waals surface area (Å²) >= 11 is 0. The van der Waals surface area contributed by atoms with Crippen molar-refractivity contribution in [1.29, 1.82) is 0 Å². The van der Waals surface area contributed by atoms with Gasteiger partial charge in [0.05, 0.1) is 25.9 Å². The SMILES string of the molecule is CCN1CCc2c([nH]c3ccccc23)[C@@](C(=O)OC)(c2cc3c(cc2OC)N(C)[C@H]2[C@@](O)(C(=O)NN)[C@H](O)[C@]4(CC)C=CCN5CC[C@]32[C@H]54)CCC[C@@](O)(CC)C1. The molecule has 1 saturated heterocycles. The number of ether oxygens (including phenoxy) is 2. The average molecular weight is 785 g/mol. The minimum atomic E-state index is -2.31. The molecule has 4 aliphatic heterocycles. The summed E-state index contributed by atoms with van der Waals surface area (Å²) in [6.07, 6.45) is 6.08. The number of likely N-dealkylation sites (N-methyl/N-ethyl adjacent to an activating group) is 2. The second kappa shape index (κ2) is 14.1. The molecule has 5 heterocycles. The number of aliphatic hydroxyl groups is 3. The van der Waals surface area contributed by atoms with E-state index in [-0.39, 0.29) is 6.04 Å². The van der Waals surface area contributed by atoms with Crippen molar-refractivity contribution < 1.29 is 34.4 Å². The highest BCUT2D eigenvalue weighted by Crippen LogP contribution is 2.67. The topological polar surface area (TPSA) is 177 Å². The number of anilines is 1. The van der Waals surface area contributed by atoms with Crippen LogP contribution in [0.1, 0.15) is 81.7 Å². The lowest BCUT2D eigenvalue weighted by Crippen LogP contribution is -2.82. The summed E-state index contributed by atoms with van der Waals surface area (Å²) in [6, 6.07) is 10.9. The van der Waals surface area contributed by atoms with E-state index in [1.807, 2.05) is 62.2 Å². The Morgan fingerprint density at radius 2 is 1.79 bits per heavy atom. The summed E-state index contributed by atoms with van der Waals surface area (Å²) in [5.41, 5.74) is 0.533. The fourth-order valence-corrected chi connectivity index (χ4v) is 12.5. The van der Waals surface area contributed by atoms with Gasteiger partial charge in [-0.05, 0) is 81.3 Å². The smallest absolute Gasteiger partial charge is 0.322 e. The van der Waals surface area contributed by atoms with Crippen LogP contribution in [0.25, 0.3) is 10.9 Å². The lowest BCUT2D eigenvalue weighted by Gasteiger charge is -2.63. The van der Waals surface area contributed by atoms with Crippen molar-refractivity contribution in [2.75, 3.05) is 58.9 Å². The molecule has 13 nitrogen and oxygen atoms in total. The van der Waals surface area contributed by atoms with Crippen LogP contribution in [0.4, 0.5) is 5.69 Å². The van der Waals surface area contributed by atoms with Crippen molar-refractivity contribution in [3.8, 4) is 5.75 Å². The number of H-pyrrole nitrogens is 1. The summed E-state index contributed by atoms with van der Waals surface area (Å²) in [6.45, 7) is 9.44. The molecule has 57 heavy (non-hydrogen) atoms. The number of benzene rings is 2. The van der Waals surface area contributed by atoms with E-state index in [1.165, 1.54) is 7.11 Å². The fourth-order valence-electron chi connectivity index (χ4n) is 12.5. The number of rotatable bonds is 7. The number of nitrogens with two attached hydrogens (primary N) is 1. The number of hydrogen-bond donors (Lipinski definition) is 6. The van der Waals surface area contributed by atoms with Gasteiger partial charge in [0, 0.05) is 77.5 Å². The molecule has 2 aromatic carbocycles. The number of amides is 1.